The third kappa shape index (κ3) is 2.63. The number of pyridine rings is 1. The number of nitrogens with zero attached hydrogens (tertiary/aromatic N) is 1. The second-order valence-corrected chi connectivity index (χ2v) is 2.89. The highest BCUT2D eigenvalue weighted by molar-refractivity contribution is 5.97. The van der Waals surface area contributed by atoms with Crippen LogP contribution in [-0.2, 0) is 6.42 Å². The average Bonchev–Trinajstić information content (AvgIpc) is 2.18. The van der Waals surface area contributed by atoms with Gasteiger partial charge in [0, 0.05) is 18.0 Å². The number of carbonyl (C=O) groups is 1. The van der Waals surface area contributed by atoms with E-state index in [1.165, 1.54) is 0 Å². The molecule has 1 aromatic heterocycles. The number of ketones is 1. The smallest absolute Gasteiger partial charge is 0.178 e. The van der Waals surface area contributed by atoms with Gasteiger partial charge in [0.15, 0.2) is 5.78 Å². The quantitative estimate of drug-likeness (QED) is 0.701. The minimum absolute atomic E-state index is 0.0882. The molecule has 0 amide bonds. The maximum Gasteiger partial charge on any atom is 0.178 e. The van der Waals surface area contributed by atoms with E-state index in [-0.39, 0.29) is 5.78 Å². The van der Waals surface area contributed by atoms with E-state index < -0.39 is 0 Å². The van der Waals surface area contributed by atoms with Crippen LogP contribution in [0.25, 0.3) is 0 Å². The molecule has 3 heteroatoms. The summed E-state index contributed by atoms with van der Waals surface area (Å²) in [4.78, 5) is 15.4. The summed E-state index contributed by atoms with van der Waals surface area (Å²) in [6, 6.07) is 1.90. The van der Waals surface area contributed by atoms with Crippen LogP contribution in [0, 0.1) is 0 Å². The van der Waals surface area contributed by atoms with Crippen LogP contribution < -0.4 is 5.32 Å². The first-order valence-electron chi connectivity index (χ1n) is 4.39. The molecule has 13 heavy (non-hydrogen) atoms. The Balaban J connectivity index is 2.82. The Morgan fingerprint density at radius 2 is 2.31 bits per heavy atom. The highest BCUT2D eigenvalue weighted by Gasteiger charge is 2.04. The van der Waals surface area contributed by atoms with Crippen LogP contribution >= 0.6 is 0 Å². The topological polar surface area (TPSA) is 42.0 Å². The zero-order valence-corrected chi connectivity index (χ0v) is 8.00. The number of rotatable bonds is 4. The Labute approximate surface area is 78.2 Å². The first kappa shape index (κ1) is 9.86. The molecule has 1 aromatic rings. The standard InChI is InChI=1S/C10H14N2O/c1-3-8-4-9(6-12-5-8)10(13)7-11-2/h4-6,11H,3,7H2,1-2H3. The molecule has 3 nitrogen and oxygen atoms in total. The molecular weight excluding hydrogens is 164 g/mol. The predicted octanol–water partition coefficient (Wildman–Crippen LogP) is 1.05. The third-order valence-corrected chi connectivity index (χ3v) is 1.86. The lowest BCUT2D eigenvalue weighted by molar-refractivity contribution is 0.0993. The van der Waals surface area contributed by atoms with Crippen molar-refractivity contribution in [3.8, 4) is 0 Å². The fourth-order valence-electron chi connectivity index (χ4n) is 1.10. The largest absolute Gasteiger partial charge is 0.313 e. The third-order valence-electron chi connectivity index (χ3n) is 1.86. The van der Waals surface area contributed by atoms with Crippen molar-refractivity contribution < 1.29 is 4.79 Å². The molecule has 70 valence electrons. The van der Waals surface area contributed by atoms with Crippen molar-refractivity contribution in [3.05, 3.63) is 29.6 Å². The van der Waals surface area contributed by atoms with E-state index in [0.717, 1.165) is 12.0 Å². The van der Waals surface area contributed by atoms with Crippen molar-refractivity contribution in [2.45, 2.75) is 13.3 Å². The van der Waals surface area contributed by atoms with E-state index >= 15 is 0 Å². The van der Waals surface area contributed by atoms with E-state index in [1.807, 2.05) is 13.0 Å². The predicted molar refractivity (Wildman–Crippen MR) is 51.9 cm³/mol. The van der Waals surface area contributed by atoms with Crippen LogP contribution in [0.5, 0.6) is 0 Å². The SMILES string of the molecule is CCc1cncc(C(=O)CNC)c1. The van der Waals surface area contributed by atoms with Crippen molar-refractivity contribution >= 4 is 5.78 Å². The summed E-state index contributed by atoms with van der Waals surface area (Å²) in [6.45, 7) is 2.41. The number of carbonyl (C=O) groups excluding carboxylic acids is 1. The maximum atomic E-state index is 11.4. The molecule has 0 atom stereocenters. The Kier molecular flexibility index (Phi) is 3.58. The Hall–Kier alpha value is -1.22. The van der Waals surface area contributed by atoms with Gasteiger partial charge in [0.2, 0.25) is 0 Å². The lowest BCUT2D eigenvalue weighted by Gasteiger charge is -2.01. The summed E-state index contributed by atoms with van der Waals surface area (Å²) in [5.74, 6) is 0.0882. The number of nitrogens with one attached hydrogen (secondary N) is 1. The Bertz CT molecular complexity index is 297. The maximum absolute atomic E-state index is 11.4. The molecule has 1 heterocycles. The number of aryl methyl sites for hydroxylation is 1. The van der Waals surface area contributed by atoms with Gasteiger partial charge in [-0.3, -0.25) is 9.78 Å². The number of Topliss-reactive ketones (excluding diaryl/α,β-unsaturated/α-hetero) is 1. The van der Waals surface area contributed by atoms with Crippen molar-refractivity contribution in [1.29, 1.82) is 0 Å². The molecule has 0 bridgehead atoms. The van der Waals surface area contributed by atoms with E-state index in [4.69, 9.17) is 0 Å². The minimum Gasteiger partial charge on any atom is -0.313 e. The van der Waals surface area contributed by atoms with Gasteiger partial charge in [-0.15, -0.1) is 0 Å². The number of hydrogen-bond donors (Lipinski definition) is 1. The molecule has 0 fully saturated rings. The summed E-state index contributed by atoms with van der Waals surface area (Å²) in [7, 11) is 1.76. The minimum atomic E-state index is 0.0882. The first-order valence-corrected chi connectivity index (χ1v) is 4.39. The zero-order valence-electron chi connectivity index (χ0n) is 8.00. The van der Waals surface area contributed by atoms with E-state index in [2.05, 4.69) is 10.3 Å². The Morgan fingerprint density at radius 1 is 1.54 bits per heavy atom. The van der Waals surface area contributed by atoms with Gasteiger partial charge in [-0.1, -0.05) is 6.92 Å². The molecule has 0 radical (unpaired) electrons. The van der Waals surface area contributed by atoms with E-state index in [9.17, 15) is 4.79 Å². The Morgan fingerprint density at radius 3 is 2.92 bits per heavy atom. The van der Waals surface area contributed by atoms with E-state index in [1.54, 1.807) is 19.4 Å². The second kappa shape index (κ2) is 4.72. The van der Waals surface area contributed by atoms with Crippen LogP contribution in [0.15, 0.2) is 18.5 Å². The lowest BCUT2D eigenvalue weighted by Crippen LogP contribution is -2.18. The number of aromatic nitrogens is 1. The van der Waals surface area contributed by atoms with E-state index in [0.29, 0.717) is 12.1 Å². The molecule has 0 spiro atoms. The van der Waals surface area contributed by atoms with Gasteiger partial charge in [0.1, 0.15) is 0 Å². The van der Waals surface area contributed by atoms with Gasteiger partial charge >= 0.3 is 0 Å². The van der Waals surface area contributed by atoms with Crippen molar-refractivity contribution in [1.82, 2.24) is 10.3 Å². The number of hydrogen-bond acceptors (Lipinski definition) is 3. The van der Waals surface area contributed by atoms with Gasteiger partial charge in [-0.05, 0) is 25.1 Å². The van der Waals surface area contributed by atoms with Gasteiger partial charge < -0.3 is 5.32 Å². The molecule has 0 unspecified atom stereocenters. The molecule has 0 saturated heterocycles. The zero-order chi connectivity index (χ0) is 9.68. The summed E-state index contributed by atoms with van der Waals surface area (Å²) in [5, 5.41) is 2.83. The fraction of sp³-hybridized carbons (Fsp3) is 0.400. The molecule has 1 N–H and O–H groups in total. The van der Waals surface area contributed by atoms with Gasteiger partial charge in [-0.2, -0.15) is 0 Å². The monoisotopic (exact) mass is 178 g/mol. The van der Waals surface area contributed by atoms with Gasteiger partial charge in [0.25, 0.3) is 0 Å². The molecule has 0 saturated carbocycles. The summed E-state index contributed by atoms with van der Waals surface area (Å²) >= 11 is 0. The normalized spacial score (nSPS) is 10.0. The van der Waals surface area contributed by atoms with Crippen molar-refractivity contribution in [2.75, 3.05) is 13.6 Å². The summed E-state index contributed by atoms with van der Waals surface area (Å²) < 4.78 is 0. The molecule has 0 aliphatic carbocycles. The van der Waals surface area contributed by atoms with Crippen LogP contribution in [0.3, 0.4) is 0 Å². The fourth-order valence-corrected chi connectivity index (χ4v) is 1.10. The summed E-state index contributed by atoms with van der Waals surface area (Å²) in [5.41, 5.74) is 1.79. The van der Waals surface area contributed by atoms with Crippen LogP contribution in [0.1, 0.15) is 22.8 Å². The molecule has 0 aliphatic rings. The van der Waals surface area contributed by atoms with Crippen molar-refractivity contribution in [2.24, 2.45) is 0 Å². The molecule has 0 aromatic carbocycles. The molecule has 0 aliphatic heterocycles. The average molecular weight is 178 g/mol. The van der Waals surface area contributed by atoms with Crippen molar-refractivity contribution in [3.63, 3.8) is 0 Å². The van der Waals surface area contributed by atoms with Crippen LogP contribution in [0.4, 0.5) is 0 Å². The second-order valence-electron chi connectivity index (χ2n) is 2.89. The summed E-state index contributed by atoms with van der Waals surface area (Å²) in [6.07, 6.45) is 4.31. The molecule has 1 rings (SSSR count). The highest BCUT2D eigenvalue weighted by Crippen LogP contribution is 2.03. The number of likely N-dealkylation sites (N-methyl/N-ethyl adjacent to an activating group) is 1. The van der Waals surface area contributed by atoms with Gasteiger partial charge in [0.05, 0.1) is 6.54 Å². The van der Waals surface area contributed by atoms with Crippen LogP contribution in [0.2, 0.25) is 0 Å². The lowest BCUT2D eigenvalue weighted by atomic mass is 10.1. The highest BCUT2D eigenvalue weighted by atomic mass is 16.1. The first-order chi connectivity index (χ1) is 6.27. The van der Waals surface area contributed by atoms with Crippen LogP contribution in [-0.4, -0.2) is 24.4 Å². The van der Waals surface area contributed by atoms with Gasteiger partial charge in [-0.25, -0.2) is 0 Å². The molecular formula is C10H14N2O.